The Bertz CT molecular complexity index is 582. The predicted octanol–water partition coefficient (Wildman–Crippen LogP) is 1.92. The number of imidazole rings is 1. The summed E-state index contributed by atoms with van der Waals surface area (Å²) in [5, 5.41) is 3.56. The molecular weight excluding hydrogens is 318 g/mol. The highest BCUT2D eigenvalue weighted by atomic mass is 79.9. The Kier molecular flexibility index (Phi) is 4.33. The van der Waals surface area contributed by atoms with Crippen molar-refractivity contribution in [2.75, 3.05) is 26.2 Å². The van der Waals surface area contributed by atoms with Gasteiger partial charge < -0.3 is 10.2 Å². The molecule has 3 heterocycles. The fourth-order valence-electron chi connectivity index (χ4n) is 2.82. The van der Waals surface area contributed by atoms with E-state index in [0.29, 0.717) is 0 Å². The van der Waals surface area contributed by atoms with E-state index in [4.69, 9.17) is 0 Å². The predicted molar refractivity (Wildman–Crippen MR) is 82.6 cm³/mol. The lowest BCUT2D eigenvalue weighted by Crippen LogP contribution is -2.26. The highest BCUT2D eigenvalue weighted by Gasteiger charge is 2.20. The van der Waals surface area contributed by atoms with Gasteiger partial charge in [0.05, 0.1) is 18.1 Å². The standard InChI is InChI=1S/C14H20BrN5/c1-2-19-4-3-11(9-19)5-16-6-12-7-18-14-8-17-13(15)10-20(12)14/h7-8,10-11,16H,2-6,9H2,1H3. The molecule has 1 N–H and O–H groups in total. The Labute approximate surface area is 127 Å². The van der Waals surface area contributed by atoms with Gasteiger partial charge in [0.15, 0.2) is 5.65 Å². The lowest BCUT2D eigenvalue weighted by atomic mass is 10.1. The van der Waals surface area contributed by atoms with E-state index < -0.39 is 0 Å². The van der Waals surface area contributed by atoms with Crippen molar-refractivity contribution in [3.8, 4) is 0 Å². The largest absolute Gasteiger partial charge is 0.311 e. The van der Waals surface area contributed by atoms with E-state index in [-0.39, 0.29) is 0 Å². The molecule has 6 heteroatoms. The Hall–Kier alpha value is -0.980. The second kappa shape index (κ2) is 6.20. The van der Waals surface area contributed by atoms with E-state index in [2.05, 4.69) is 47.4 Å². The van der Waals surface area contributed by atoms with Crippen LogP contribution in [0.5, 0.6) is 0 Å². The molecule has 0 aliphatic carbocycles. The van der Waals surface area contributed by atoms with E-state index in [0.717, 1.165) is 29.3 Å². The second-order valence-electron chi connectivity index (χ2n) is 5.37. The van der Waals surface area contributed by atoms with E-state index >= 15 is 0 Å². The highest BCUT2D eigenvalue weighted by Crippen LogP contribution is 2.15. The summed E-state index contributed by atoms with van der Waals surface area (Å²) in [6.45, 7) is 7.81. The number of hydrogen-bond donors (Lipinski definition) is 1. The summed E-state index contributed by atoms with van der Waals surface area (Å²) in [5.41, 5.74) is 2.07. The first-order valence-corrected chi connectivity index (χ1v) is 7.96. The molecule has 0 saturated carbocycles. The Morgan fingerprint density at radius 3 is 3.10 bits per heavy atom. The third-order valence-electron chi connectivity index (χ3n) is 4.00. The van der Waals surface area contributed by atoms with Crippen molar-refractivity contribution in [3.63, 3.8) is 0 Å². The number of aromatic nitrogens is 3. The summed E-state index contributed by atoms with van der Waals surface area (Å²) in [5.74, 6) is 0.780. The van der Waals surface area contributed by atoms with Gasteiger partial charge in [-0.15, -0.1) is 0 Å². The van der Waals surface area contributed by atoms with Gasteiger partial charge in [0.2, 0.25) is 0 Å². The third-order valence-corrected chi connectivity index (χ3v) is 4.41. The van der Waals surface area contributed by atoms with Gasteiger partial charge in [0.25, 0.3) is 0 Å². The normalized spacial score (nSPS) is 20.0. The first kappa shape index (κ1) is 14.0. The van der Waals surface area contributed by atoms with Gasteiger partial charge in [0, 0.05) is 19.3 Å². The molecule has 2 aromatic rings. The molecule has 1 unspecified atom stereocenters. The molecule has 2 aromatic heterocycles. The van der Waals surface area contributed by atoms with Crippen molar-refractivity contribution in [2.24, 2.45) is 5.92 Å². The van der Waals surface area contributed by atoms with Crippen molar-refractivity contribution in [1.82, 2.24) is 24.6 Å². The van der Waals surface area contributed by atoms with Crippen molar-refractivity contribution < 1.29 is 0 Å². The van der Waals surface area contributed by atoms with Crippen LogP contribution in [0, 0.1) is 5.92 Å². The molecule has 0 amide bonds. The summed E-state index contributed by atoms with van der Waals surface area (Å²) >= 11 is 3.40. The van der Waals surface area contributed by atoms with Crippen molar-refractivity contribution >= 4 is 21.6 Å². The van der Waals surface area contributed by atoms with Crippen LogP contribution >= 0.6 is 15.9 Å². The molecule has 0 spiro atoms. The third kappa shape index (κ3) is 3.02. The number of rotatable bonds is 5. The minimum atomic E-state index is 0.780. The molecule has 20 heavy (non-hydrogen) atoms. The number of nitrogens with zero attached hydrogens (tertiary/aromatic N) is 4. The minimum absolute atomic E-state index is 0.780. The molecule has 1 fully saturated rings. The Morgan fingerprint density at radius 2 is 2.30 bits per heavy atom. The first-order chi connectivity index (χ1) is 9.76. The molecule has 1 aliphatic rings. The van der Waals surface area contributed by atoms with Crippen LogP contribution in [0.4, 0.5) is 0 Å². The van der Waals surface area contributed by atoms with E-state index in [9.17, 15) is 0 Å². The fraction of sp³-hybridized carbons (Fsp3) is 0.571. The SMILES string of the molecule is CCN1CCC(CNCc2cnc3cnc(Br)cn23)C1. The van der Waals surface area contributed by atoms with E-state index in [1.54, 1.807) is 6.20 Å². The molecular formula is C14H20BrN5. The van der Waals surface area contributed by atoms with Crippen molar-refractivity contribution in [1.29, 1.82) is 0 Å². The zero-order valence-corrected chi connectivity index (χ0v) is 13.3. The van der Waals surface area contributed by atoms with Crippen LogP contribution in [0.25, 0.3) is 5.65 Å². The molecule has 0 radical (unpaired) electrons. The maximum absolute atomic E-state index is 4.37. The Balaban J connectivity index is 1.56. The van der Waals surface area contributed by atoms with Crippen molar-refractivity contribution in [2.45, 2.75) is 19.9 Å². The van der Waals surface area contributed by atoms with Gasteiger partial charge in [-0.25, -0.2) is 9.97 Å². The summed E-state index contributed by atoms with van der Waals surface area (Å²) in [7, 11) is 0. The summed E-state index contributed by atoms with van der Waals surface area (Å²) in [4.78, 5) is 11.1. The molecule has 5 nitrogen and oxygen atoms in total. The zero-order chi connectivity index (χ0) is 13.9. The van der Waals surface area contributed by atoms with Gasteiger partial charge in [-0.05, 0) is 47.9 Å². The number of halogens is 1. The van der Waals surface area contributed by atoms with Gasteiger partial charge in [-0.1, -0.05) is 6.92 Å². The van der Waals surface area contributed by atoms with Gasteiger partial charge in [-0.2, -0.15) is 0 Å². The van der Waals surface area contributed by atoms with Gasteiger partial charge >= 0.3 is 0 Å². The average Bonchev–Trinajstić information content (AvgIpc) is 3.06. The Morgan fingerprint density at radius 1 is 1.40 bits per heavy atom. The maximum Gasteiger partial charge on any atom is 0.155 e. The number of nitrogens with one attached hydrogen (secondary N) is 1. The first-order valence-electron chi connectivity index (χ1n) is 7.17. The van der Waals surface area contributed by atoms with E-state index in [1.165, 1.54) is 31.7 Å². The minimum Gasteiger partial charge on any atom is -0.311 e. The second-order valence-corrected chi connectivity index (χ2v) is 6.18. The molecule has 1 saturated heterocycles. The molecule has 1 atom stereocenters. The fourth-order valence-corrected chi connectivity index (χ4v) is 3.13. The topological polar surface area (TPSA) is 45.5 Å². The van der Waals surface area contributed by atoms with Crippen LogP contribution in [0.15, 0.2) is 23.2 Å². The van der Waals surface area contributed by atoms with Gasteiger partial charge in [-0.3, -0.25) is 4.40 Å². The van der Waals surface area contributed by atoms with Crippen LogP contribution in [-0.2, 0) is 6.54 Å². The average molecular weight is 338 g/mol. The van der Waals surface area contributed by atoms with Crippen LogP contribution in [0.3, 0.4) is 0 Å². The summed E-state index contributed by atoms with van der Waals surface area (Å²) < 4.78 is 2.91. The van der Waals surface area contributed by atoms with Crippen LogP contribution in [-0.4, -0.2) is 45.4 Å². The van der Waals surface area contributed by atoms with E-state index in [1.807, 2.05) is 12.4 Å². The molecule has 3 rings (SSSR count). The molecule has 0 bridgehead atoms. The summed E-state index contributed by atoms with van der Waals surface area (Å²) in [6, 6.07) is 0. The zero-order valence-electron chi connectivity index (χ0n) is 11.7. The van der Waals surface area contributed by atoms with Crippen LogP contribution in [0.1, 0.15) is 19.0 Å². The quantitative estimate of drug-likeness (QED) is 0.905. The lowest BCUT2D eigenvalue weighted by Gasteiger charge is -2.13. The summed E-state index contributed by atoms with van der Waals surface area (Å²) in [6.07, 6.45) is 6.98. The van der Waals surface area contributed by atoms with Crippen molar-refractivity contribution in [3.05, 3.63) is 28.9 Å². The molecule has 1 aliphatic heterocycles. The van der Waals surface area contributed by atoms with Gasteiger partial charge in [0.1, 0.15) is 4.60 Å². The van der Waals surface area contributed by atoms with Crippen LogP contribution < -0.4 is 5.32 Å². The monoisotopic (exact) mass is 337 g/mol. The highest BCUT2D eigenvalue weighted by molar-refractivity contribution is 9.10. The molecule has 0 aromatic carbocycles. The molecule has 108 valence electrons. The lowest BCUT2D eigenvalue weighted by molar-refractivity contribution is 0.338. The number of fused-ring (bicyclic) bond motifs is 1. The number of likely N-dealkylation sites (tertiary alicyclic amines) is 1. The van der Waals surface area contributed by atoms with Crippen LogP contribution in [0.2, 0.25) is 0 Å². The maximum atomic E-state index is 4.37. The number of hydrogen-bond acceptors (Lipinski definition) is 4. The smallest absolute Gasteiger partial charge is 0.155 e.